The molecule has 0 bridgehead atoms. The molecule has 0 unspecified atom stereocenters. The predicted molar refractivity (Wildman–Crippen MR) is 52.5 cm³/mol. The molecule has 0 radical (unpaired) electrons. The highest BCUT2D eigenvalue weighted by Gasteiger charge is 2.10. The Balaban J connectivity index is 2.96. The second-order valence-electron chi connectivity index (χ2n) is 2.52. The molecule has 76 valence electrons. The zero-order valence-electron chi connectivity index (χ0n) is 7.42. The van der Waals surface area contributed by atoms with Gasteiger partial charge in [0.15, 0.2) is 0 Å². The normalized spacial score (nSPS) is 9.71. The predicted octanol–water partition coefficient (Wildman–Crippen LogP) is 1.50. The van der Waals surface area contributed by atoms with Crippen molar-refractivity contribution < 1.29 is 9.18 Å². The van der Waals surface area contributed by atoms with Crippen molar-refractivity contribution >= 4 is 23.3 Å². The number of nitrogens with two attached hydrogens (primary N) is 1. The molecule has 0 saturated carbocycles. The van der Waals surface area contributed by atoms with Gasteiger partial charge in [-0.05, 0) is 18.2 Å². The van der Waals surface area contributed by atoms with Crippen molar-refractivity contribution in [3.05, 3.63) is 29.0 Å². The molecule has 0 heterocycles. The van der Waals surface area contributed by atoms with Crippen molar-refractivity contribution in [2.45, 2.75) is 0 Å². The van der Waals surface area contributed by atoms with Crippen LogP contribution in [0, 0.1) is 5.82 Å². The Morgan fingerprint density at radius 1 is 1.64 bits per heavy atom. The van der Waals surface area contributed by atoms with Crippen molar-refractivity contribution in [3.63, 3.8) is 0 Å². The third-order valence-electron chi connectivity index (χ3n) is 1.61. The summed E-state index contributed by atoms with van der Waals surface area (Å²) in [4.78, 5) is 11.1. The van der Waals surface area contributed by atoms with E-state index < -0.39 is 11.8 Å². The highest BCUT2D eigenvalue weighted by atomic mass is 35.5. The summed E-state index contributed by atoms with van der Waals surface area (Å²) in [5.74, 6) is 4.85. The lowest BCUT2D eigenvalue weighted by Crippen LogP contribution is -2.43. The number of nitrogens with zero attached hydrogens (tertiary/aromatic N) is 1. The molecule has 3 N–H and O–H groups in total. The third-order valence-corrected chi connectivity index (χ3v) is 1.90. The number of hydrogen-bond acceptors (Lipinski definition) is 2. The van der Waals surface area contributed by atoms with E-state index in [9.17, 15) is 9.18 Å². The molecule has 0 aromatic heterocycles. The van der Waals surface area contributed by atoms with Crippen LogP contribution in [-0.2, 0) is 0 Å². The monoisotopic (exact) mass is 217 g/mol. The summed E-state index contributed by atoms with van der Waals surface area (Å²) in [7, 11) is 1.44. The minimum absolute atomic E-state index is 0.0816. The number of nitrogens with one attached hydrogen (secondary N) is 1. The molecule has 0 spiro atoms. The summed E-state index contributed by atoms with van der Waals surface area (Å²) < 4.78 is 12.8. The average Bonchev–Trinajstić information content (AvgIpc) is 2.20. The first-order chi connectivity index (χ1) is 6.56. The van der Waals surface area contributed by atoms with E-state index in [1.807, 2.05) is 0 Å². The van der Waals surface area contributed by atoms with Gasteiger partial charge in [-0.1, -0.05) is 11.6 Å². The quantitative estimate of drug-likeness (QED) is 0.426. The first-order valence-corrected chi connectivity index (χ1v) is 4.15. The van der Waals surface area contributed by atoms with Crippen LogP contribution < -0.4 is 16.2 Å². The molecule has 1 aromatic rings. The zero-order valence-corrected chi connectivity index (χ0v) is 8.18. The second-order valence-corrected chi connectivity index (χ2v) is 2.93. The maximum absolute atomic E-state index is 12.8. The molecule has 4 nitrogen and oxygen atoms in total. The fraction of sp³-hybridized carbons (Fsp3) is 0.125. The summed E-state index contributed by atoms with van der Waals surface area (Å²) in [6.07, 6.45) is 0. The zero-order chi connectivity index (χ0) is 10.7. The molecule has 0 atom stereocenters. The van der Waals surface area contributed by atoms with Gasteiger partial charge in [-0.2, -0.15) is 0 Å². The number of carbonyl (C=O) groups is 1. The molecule has 6 heteroatoms. The molecule has 0 saturated heterocycles. The third kappa shape index (κ3) is 2.12. The number of rotatable bonds is 1. The molecule has 14 heavy (non-hydrogen) atoms. The number of carbonyl (C=O) groups excluding carboxylic acids is 1. The first kappa shape index (κ1) is 10.7. The number of amides is 2. The number of halogens is 2. The summed E-state index contributed by atoms with van der Waals surface area (Å²) in [5, 5.41) is 3.08. The van der Waals surface area contributed by atoms with E-state index in [0.29, 0.717) is 5.69 Å². The molecule has 0 fully saturated rings. The first-order valence-electron chi connectivity index (χ1n) is 3.78. The molecule has 1 rings (SSSR count). The van der Waals surface area contributed by atoms with Gasteiger partial charge in [0.2, 0.25) is 0 Å². The van der Waals surface area contributed by atoms with Crippen molar-refractivity contribution in [2.24, 2.45) is 5.84 Å². The van der Waals surface area contributed by atoms with Crippen LogP contribution in [0.5, 0.6) is 0 Å². The van der Waals surface area contributed by atoms with Crippen LogP contribution in [0.4, 0.5) is 14.9 Å². The topological polar surface area (TPSA) is 58.4 Å². The van der Waals surface area contributed by atoms with E-state index in [-0.39, 0.29) is 5.02 Å². The Bertz CT molecular complexity index is 358. The highest BCUT2D eigenvalue weighted by molar-refractivity contribution is 6.31. The van der Waals surface area contributed by atoms with Gasteiger partial charge in [-0.25, -0.2) is 20.0 Å². The largest absolute Gasteiger partial charge is 0.340 e. The minimum Gasteiger partial charge on any atom is -0.340 e. The Morgan fingerprint density at radius 2 is 2.29 bits per heavy atom. The van der Waals surface area contributed by atoms with Gasteiger partial charge < -0.3 is 5.32 Å². The second kappa shape index (κ2) is 4.26. The van der Waals surface area contributed by atoms with E-state index in [4.69, 9.17) is 17.4 Å². The van der Waals surface area contributed by atoms with Crippen molar-refractivity contribution in [1.29, 1.82) is 0 Å². The fourth-order valence-corrected chi connectivity index (χ4v) is 1.05. The highest BCUT2D eigenvalue weighted by Crippen LogP contribution is 2.20. The van der Waals surface area contributed by atoms with Crippen LogP contribution in [0.25, 0.3) is 0 Å². The van der Waals surface area contributed by atoms with E-state index in [2.05, 4.69) is 5.32 Å². The van der Waals surface area contributed by atoms with E-state index in [1.54, 1.807) is 0 Å². The molecule has 0 aliphatic carbocycles. The van der Waals surface area contributed by atoms with Gasteiger partial charge in [0.1, 0.15) is 5.82 Å². The van der Waals surface area contributed by atoms with Gasteiger partial charge in [0.25, 0.3) is 0 Å². The Kier molecular flexibility index (Phi) is 3.27. The molecular formula is C8H9ClFN3O. The van der Waals surface area contributed by atoms with Crippen molar-refractivity contribution in [1.82, 2.24) is 5.32 Å². The summed E-state index contributed by atoms with van der Waals surface area (Å²) in [6, 6.07) is 3.26. The van der Waals surface area contributed by atoms with Gasteiger partial charge in [-0.3, -0.25) is 0 Å². The lowest BCUT2D eigenvalue weighted by Gasteiger charge is -2.15. The van der Waals surface area contributed by atoms with Gasteiger partial charge in [0.05, 0.1) is 10.7 Å². The Labute approximate surface area is 85.4 Å². The van der Waals surface area contributed by atoms with Crippen LogP contribution in [0.15, 0.2) is 18.2 Å². The molecule has 1 aromatic carbocycles. The Morgan fingerprint density at radius 3 is 2.79 bits per heavy atom. The average molecular weight is 218 g/mol. The van der Waals surface area contributed by atoms with E-state index in [1.165, 1.54) is 19.2 Å². The fourth-order valence-electron chi connectivity index (χ4n) is 0.873. The smallest absolute Gasteiger partial charge is 0.336 e. The SMILES string of the molecule is CNC(=O)N(N)c1ccc(F)c(Cl)c1. The van der Waals surface area contributed by atoms with Crippen molar-refractivity contribution in [3.8, 4) is 0 Å². The standard InChI is InChI=1S/C8H9ClFN3O/c1-12-8(14)13(11)5-2-3-7(10)6(9)4-5/h2-4H,11H2,1H3,(H,12,14). The molecular weight excluding hydrogens is 209 g/mol. The summed E-state index contributed by atoms with van der Waals surface area (Å²) in [6.45, 7) is 0. The number of urea groups is 1. The van der Waals surface area contributed by atoms with Crippen LogP contribution in [0.3, 0.4) is 0 Å². The van der Waals surface area contributed by atoms with E-state index in [0.717, 1.165) is 11.1 Å². The molecule has 0 aliphatic rings. The van der Waals surface area contributed by atoms with Crippen LogP contribution >= 0.6 is 11.6 Å². The molecule has 2 amide bonds. The number of anilines is 1. The summed E-state index contributed by atoms with van der Waals surface area (Å²) in [5.41, 5.74) is 0.316. The number of hydrazine groups is 1. The van der Waals surface area contributed by atoms with Gasteiger partial charge in [0, 0.05) is 7.05 Å². The maximum atomic E-state index is 12.8. The van der Waals surface area contributed by atoms with Crippen LogP contribution in [0.1, 0.15) is 0 Å². The molecule has 0 aliphatic heterocycles. The van der Waals surface area contributed by atoms with Gasteiger partial charge >= 0.3 is 6.03 Å². The van der Waals surface area contributed by atoms with Crippen LogP contribution in [-0.4, -0.2) is 13.1 Å². The maximum Gasteiger partial charge on any atom is 0.336 e. The minimum atomic E-state index is -0.555. The Hall–Kier alpha value is -1.33. The van der Waals surface area contributed by atoms with Crippen LogP contribution in [0.2, 0.25) is 5.02 Å². The number of benzene rings is 1. The van der Waals surface area contributed by atoms with Gasteiger partial charge in [-0.15, -0.1) is 0 Å². The lowest BCUT2D eigenvalue weighted by molar-refractivity contribution is 0.248. The number of hydrogen-bond donors (Lipinski definition) is 2. The van der Waals surface area contributed by atoms with E-state index >= 15 is 0 Å². The lowest BCUT2D eigenvalue weighted by atomic mass is 10.3. The van der Waals surface area contributed by atoms with Crippen molar-refractivity contribution in [2.75, 3.05) is 12.1 Å². The summed E-state index contributed by atoms with van der Waals surface area (Å²) >= 11 is 5.52.